The van der Waals surface area contributed by atoms with Gasteiger partial charge < -0.3 is 24.8 Å². The van der Waals surface area contributed by atoms with Crippen LogP contribution in [0.5, 0.6) is 17.2 Å². The molecule has 3 aromatic rings. The number of amides is 2. The first-order valence-electron chi connectivity index (χ1n) is 9.28. The van der Waals surface area contributed by atoms with E-state index in [0.29, 0.717) is 33.4 Å². The molecule has 0 unspecified atom stereocenters. The van der Waals surface area contributed by atoms with Crippen LogP contribution in [0.3, 0.4) is 0 Å². The Balaban J connectivity index is 1.90. The molecule has 0 aliphatic rings. The molecule has 2 aromatic carbocycles. The first-order valence-corrected chi connectivity index (χ1v) is 10.2. The van der Waals surface area contributed by atoms with Gasteiger partial charge in [0.05, 0.1) is 26.2 Å². The average molecular weight is 439 g/mol. The molecule has 0 bridgehead atoms. The van der Waals surface area contributed by atoms with E-state index in [1.165, 1.54) is 18.4 Å². The van der Waals surface area contributed by atoms with Crippen LogP contribution >= 0.6 is 11.3 Å². The molecule has 0 fully saturated rings. The lowest BCUT2D eigenvalue weighted by Gasteiger charge is -2.12. The molecule has 3 rings (SSSR count). The summed E-state index contributed by atoms with van der Waals surface area (Å²) >= 11 is 1.29. The van der Waals surface area contributed by atoms with Crippen LogP contribution in [0.2, 0.25) is 0 Å². The Bertz CT molecular complexity index is 1080. The number of thiophene rings is 1. The fourth-order valence-corrected chi connectivity index (χ4v) is 3.35. The normalized spacial score (nSPS) is 10.9. The van der Waals surface area contributed by atoms with Gasteiger partial charge in [-0.2, -0.15) is 0 Å². The Labute approximate surface area is 184 Å². The van der Waals surface area contributed by atoms with E-state index in [1.54, 1.807) is 80.3 Å². The third-order valence-electron chi connectivity index (χ3n) is 4.30. The second-order valence-electron chi connectivity index (χ2n) is 6.29. The smallest absolute Gasteiger partial charge is 0.272 e. The highest BCUT2D eigenvalue weighted by Gasteiger charge is 2.16. The molecular formula is C23H22N2O5S. The van der Waals surface area contributed by atoms with Gasteiger partial charge in [0, 0.05) is 5.69 Å². The Kier molecular flexibility index (Phi) is 7.29. The minimum Gasteiger partial charge on any atom is -0.497 e. The predicted molar refractivity (Wildman–Crippen MR) is 121 cm³/mol. The number of ether oxygens (including phenoxy) is 3. The van der Waals surface area contributed by atoms with Crippen LogP contribution in [0.25, 0.3) is 6.08 Å². The van der Waals surface area contributed by atoms with Crippen molar-refractivity contribution in [3.05, 3.63) is 76.1 Å². The predicted octanol–water partition coefficient (Wildman–Crippen LogP) is 4.18. The zero-order valence-electron chi connectivity index (χ0n) is 17.3. The summed E-state index contributed by atoms with van der Waals surface area (Å²) in [5.74, 6) is 0.906. The number of carbonyl (C=O) groups excluding carboxylic acids is 2. The molecule has 0 atom stereocenters. The lowest BCUT2D eigenvalue weighted by atomic mass is 10.1. The van der Waals surface area contributed by atoms with Crippen molar-refractivity contribution in [3.8, 4) is 17.2 Å². The average Bonchev–Trinajstić information content (AvgIpc) is 3.34. The van der Waals surface area contributed by atoms with Gasteiger partial charge in [0.15, 0.2) is 11.5 Å². The largest absolute Gasteiger partial charge is 0.497 e. The second kappa shape index (κ2) is 10.3. The number of anilines is 1. The Hall–Kier alpha value is -3.78. The van der Waals surface area contributed by atoms with E-state index in [9.17, 15) is 9.59 Å². The molecular weight excluding hydrogens is 416 g/mol. The fourth-order valence-electron chi connectivity index (χ4n) is 2.73. The summed E-state index contributed by atoms with van der Waals surface area (Å²) in [6, 6.07) is 15.6. The highest BCUT2D eigenvalue weighted by Crippen LogP contribution is 2.28. The Morgan fingerprint density at radius 1 is 0.903 bits per heavy atom. The molecule has 2 amide bonds. The molecule has 2 N–H and O–H groups in total. The molecule has 8 heteroatoms. The minimum absolute atomic E-state index is 0.0847. The maximum absolute atomic E-state index is 13.0. The quantitative estimate of drug-likeness (QED) is 0.515. The highest BCUT2D eigenvalue weighted by atomic mass is 32.1. The van der Waals surface area contributed by atoms with Crippen LogP contribution in [0.4, 0.5) is 5.69 Å². The van der Waals surface area contributed by atoms with Crippen LogP contribution in [0, 0.1) is 0 Å². The van der Waals surface area contributed by atoms with Crippen LogP contribution in [-0.2, 0) is 4.79 Å². The van der Waals surface area contributed by atoms with Gasteiger partial charge in [0.25, 0.3) is 11.8 Å². The Morgan fingerprint density at radius 3 is 2.26 bits per heavy atom. The Morgan fingerprint density at radius 2 is 1.65 bits per heavy atom. The van der Waals surface area contributed by atoms with Crippen molar-refractivity contribution in [1.29, 1.82) is 0 Å². The van der Waals surface area contributed by atoms with Crippen molar-refractivity contribution in [2.75, 3.05) is 26.6 Å². The summed E-state index contributed by atoms with van der Waals surface area (Å²) < 4.78 is 15.7. The van der Waals surface area contributed by atoms with E-state index in [0.717, 1.165) is 0 Å². The maximum atomic E-state index is 13.0. The summed E-state index contributed by atoms with van der Waals surface area (Å²) in [7, 11) is 4.64. The molecule has 1 heterocycles. The van der Waals surface area contributed by atoms with Crippen LogP contribution in [0.1, 0.15) is 15.2 Å². The lowest BCUT2D eigenvalue weighted by Crippen LogP contribution is -2.30. The van der Waals surface area contributed by atoms with E-state index in [-0.39, 0.29) is 11.6 Å². The minimum atomic E-state index is -0.468. The number of benzene rings is 2. The third kappa shape index (κ3) is 5.64. The molecule has 0 radical (unpaired) electrons. The van der Waals surface area contributed by atoms with Crippen molar-refractivity contribution in [2.24, 2.45) is 0 Å². The zero-order chi connectivity index (χ0) is 22.2. The van der Waals surface area contributed by atoms with Crippen LogP contribution in [-0.4, -0.2) is 33.1 Å². The number of methoxy groups -OCH3 is 3. The summed E-state index contributed by atoms with van der Waals surface area (Å²) in [6.45, 7) is 0. The zero-order valence-corrected chi connectivity index (χ0v) is 18.1. The fraction of sp³-hybridized carbons (Fsp3) is 0.130. The van der Waals surface area contributed by atoms with Crippen molar-refractivity contribution < 1.29 is 23.8 Å². The summed E-state index contributed by atoms with van der Waals surface area (Å²) in [4.78, 5) is 26.1. The lowest BCUT2D eigenvalue weighted by molar-refractivity contribution is -0.113. The van der Waals surface area contributed by atoms with E-state index >= 15 is 0 Å². The number of hydrogen-bond donors (Lipinski definition) is 2. The summed E-state index contributed by atoms with van der Waals surface area (Å²) in [5.41, 5.74) is 1.31. The number of rotatable bonds is 8. The van der Waals surface area contributed by atoms with Crippen molar-refractivity contribution >= 4 is 34.9 Å². The van der Waals surface area contributed by atoms with Gasteiger partial charge in [-0.05, 0) is 59.5 Å². The van der Waals surface area contributed by atoms with E-state index in [2.05, 4.69) is 10.6 Å². The third-order valence-corrected chi connectivity index (χ3v) is 5.17. The number of carbonyl (C=O) groups is 2. The molecule has 0 aliphatic carbocycles. The summed E-state index contributed by atoms with van der Waals surface area (Å²) in [5, 5.41) is 7.28. The first-order chi connectivity index (χ1) is 15.0. The molecule has 31 heavy (non-hydrogen) atoms. The molecule has 1 aromatic heterocycles. The standard InChI is InChI=1S/C23H22N2O5S/c1-28-17-9-7-16(8-10-17)24-22(26)18(25-23(27)21-5-4-12-31-21)13-15-6-11-19(29-2)20(14-15)30-3/h4-14H,1-3H3,(H,24,26)(H,25,27). The first kappa shape index (κ1) is 21.9. The van der Waals surface area contributed by atoms with Crippen molar-refractivity contribution in [2.45, 2.75) is 0 Å². The van der Waals surface area contributed by atoms with E-state index in [1.807, 2.05) is 0 Å². The van der Waals surface area contributed by atoms with E-state index < -0.39 is 5.91 Å². The van der Waals surface area contributed by atoms with Gasteiger partial charge in [0.2, 0.25) is 0 Å². The number of hydrogen-bond acceptors (Lipinski definition) is 6. The second-order valence-corrected chi connectivity index (χ2v) is 7.23. The molecule has 7 nitrogen and oxygen atoms in total. The molecule has 160 valence electrons. The monoisotopic (exact) mass is 438 g/mol. The summed E-state index contributed by atoms with van der Waals surface area (Å²) in [6.07, 6.45) is 1.58. The number of nitrogens with one attached hydrogen (secondary N) is 2. The van der Waals surface area contributed by atoms with Crippen molar-refractivity contribution in [1.82, 2.24) is 5.32 Å². The van der Waals surface area contributed by atoms with Gasteiger partial charge in [0.1, 0.15) is 11.4 Å². The molecule has 0 saturated heterocycles. The molecule has 0 saturated carbocycles. The maximum Gasteiger partial charge on any atom is 0.272 e. The van der Waals surface area contributed by atoms with Gasteiger partial charge in [-0.1, -0.05) is 12.1 Å². The topological polar surface area (TPSA) is 85.9 Å². The highest BCUT2D eigenvalue weighted by molar-refractivity contribution is 7.12. The SMILES string of the molecule is COc1ccc(NC(=O)C(=Cc2ccc(OC)c(OC)c2)NC(=O)c2cccs2)cc1. The van der Waals surface area contributed by atoms with Gasteiger partial charge in [-0.3, -0.25) is 9.59 Å². The molecule has 0 spiro atoms. The van der Waals surface area contributed by atoms with Crippen molar-refractivity contribution in [3.63, 3.8) is 0 Å². The van der Waals surface area contributed by atoms with Gasteiger partial charge in [-0.25, -0.2) is 0 Å². The van der Waals surface area contributed by atoms with Crippen LogP contribution in [0.15, 0.2) is 65.7 Å². The van der Waals surface area contributed by atoms with Gasteiger partial charge >= 0.3 is 0 Å². The van der Waals surface area contributed by atoms with Crippen LogP contribution < -0.4 is 24.8 Å². The van der Waals surface area contributed by atoms with E-state index in [4.69, 9.17) is 14.2 Å². The molecule has 0 aliphatic heterocycles. The van der Waals surface area contributed by atoms with Gasteiger partial charge in [-0.15, -0.1) is 11.3 Å².